The van der Waals surface area contributed by atoms with Crippen molar-refractivity contribution >= 4 is 0 Å². The Bertz CT molecular complexity index is 393. The summed E-state index contributed by atoms with van der Waals surface area (Å²) < 4.78 is 0. The summed E-state index contributed by atoms with van der Waals surface area (Å²) >= 11 is 0. The highest BCUT2D eigenvalue weighted by Gasteiger charge is 2.34. The lowest BCUT2D eigenvalue weighted by Gasteiger charge is -2.42. The van der Waals surface area contributed by atoms with E-state index in [1.807, 2.05) is 7.05 Å². The SMILES string of the molecule is C=C(NC)N(CNCC)CC(CC(C)CCC)CC(C)(CC)C(C)C(C)C. The van der Waals surface area contributed by atoms with Crippen molar-refractivity contribution in [2.75, 3.05) is 26.8 Å². The molecule has 0 radical (unpaired) electrons. The number of hydrogen-bond acceptors (Lipinski definition) is 3. The predicted octanol–water partition coefficient (Wildman–Crippen LogP) is 6.09. The van der Waals surface area contributed by atoms with Crippen molar-refractivity contribution in [2.24, 2.45) is 29.1 Å². The molecule has 0 aliphatic rings. The molecular weight excluding hydrogens is 330 g/mol. The first kappa shape index (κ1) is 26.3. The number of rotatable bonds is 16. The Hall–Kier alpha value is -0.700. The molecule has 0 aliphatic heterocycles. The molecule has 3 nitrogen and oxygen atoms in total. The summed E-state index contributed by atoms with van der Waals surface area (Å²) in [4.78, 5) is 2.41. The fraction of sp³-hybridized carbons (Fsp3) is 0.917. The molecule has 0 aromatic carbocycles. The van der Waals surface area contributed by atoms with Gasteiger partial charge in [0.1, 0.15) is 0 Å². The fourth-order valence-corrected chi connectivity index (χ4v) is 4.51. The third-order valence-corrected chi connectivity index (χ3v) is 6.88. The molecule has 0 saturated carbocycles. The quantitative estimate of drug-likeness (QED) is 0.317. The summed E-state index contributed by atoms with van der Waals surface area (Å²) in [5.41, 5.74) is 0.398. The molecule has 162 valence electrons. The highest BCUT2D eigenvalue weighted by Crippen LogP contribution is 2.43. The van der Waals surface area contributed by atoms with Gasteiger partial charge in [-0.15, -0.1) is 0 Å². The summed E-state index contributed by atoms with van der Waals surface area (Å²) in [6.45, 7) is 26.2. The summed E-state index contributed by atoms with van der Waals surface area (Å²) in [5, 5.41) is 6.76. The Labute approximate surface area is 171 Å². The van der Waals surface area contributed by atoms with Crippen LogP contribution in [0.2, 0.25) is 0 Å². The lowest BCUT2D eigenvalue weighted by atomic mass is 9.65. The van der Waals surface area contributed by atoms with Crippen molar-refractivity contribution in [3.63, 3.8) is 0 Å². The highest BCUT2D eigenvalue weighted by atomic mass is 15.3. The predicted molar refractivity (Wildman–Crippen MR) is 123 cm³/mol. The number of nitrogens with zero attached hydrogens (tertiary/aromatic N) is 1. The Balaban J connectivity index is 5.42. The van der Waals surface area contributed by atoms with Crippen LogP contribution < -0.4 is 10.6 Å². The van der Waals surface area contributed by atoms with Gasteiger partial charge in [0.05, 0.1) is 12.5 Å². The molecule has 4 unspecified atom stereocenters. The zero-order valence-electron chi connectivity index (χ0n) is 20.1. The summed E-state index contributed by atoms with van der Waals surface area (Å²) in [5.74, 6) is 3.98. The first-order valence-corrected chi connectivity index (χ1v) is 11.5. The van der Waals surface area contributed by atoms with Crippen LogP contribution in [0.15, 0.2) is 12.4 Å². The Morgan fingerprint density at radius 2 is 1.74 bits per heavy atom. The van der Waals surface area contributed by atoms with Gasteiger partial charge < -0.3 is 15.5 Å². The van der Waals surface area contributed by atoms with Gasteiger partial charge in [0, 0.05) is 13.6 Å². The molecule has 0 aliphatic carbocycles. The zero-order valence-corrected chi connectivity index (χ0v) is 20.1. The van der Waals surface area contributed by atoms with Crippen molar-refractivity contribution in [1.29, 1.82) is 0 Å². The maximum absolute atomic E-state index is 4.25. The van der Waals surface area contributed by atoms with Crippen LogP contribution in [0.25, 0.3) is 0 Å². The van der Waals surface area contributed by atoms with Crippen LogP contribution in [-0.4, -0.2) is 31.7 Å². The molecule has 0 rings (SSSR count). The second-order valence-corrected chi connectivity index (χ2v) is 9.42. The topological polar surface area (TPSA) is 27.3 Å². The van der Waals surface area contributed by atoms with Gasteiger partial charge in [-0.2, -0.15) is 0 Å². The molecule has 0 amide bonds. The standard InChI is InChI=1S/C24H51N3/c1-11-14-20(6)15-23(16-24(9,12-2)21(7)19(4)5)17-27(18-26-13-3)22(8)25-10/h19-21,23,25-26H,8,11-18H2,1-7,9-10H3. The summed E-state index contributed by atoms with van der Waals surface area (Å²) in [6.07, 6.45) is 6.49. The number of hydrogen-bond donors (Lipinski definition) is 2. The van der Waals surface area contributed by atoms with E-state index in [0.29, 0.717) is 11.3 Å². The molecule has 4 atom stereocenters. The second-order valence-electron chi connectivity index (χ2n) is 9.42. The minimum Gasteiger partial charge on any atom is -0.375 e. The Morgan fingerprint density at radius 3 is 2.19 bits per heavy atom. The maximum Gasteiger partial charge on any atom is 0.0946 e. The number of nitrogens with one attached hydrogen (secondary N) is 2. The molecule has 3 heteroatoms. The van der Waals surface area contributed by atoms with Crippen molar-refractivity contribution in [1.82, 2.24) is 15.5 Å². The van der Waals surface area contributed by atoms with Gasteiger partial charge in [-0.05, 0) is 48.5 Å². The Kier molecular flexibility index (Phi) is 13.1. The monoisotopic (exact) mass is 381 g/mol. The van der Waals surface area contributed by atoms with Crippen molar-refractivity contribution in [2.45, 2.75) is 87.5 Å². The third-order valence-electron chi connectivity index (χ3n) is 6.88. The van der Waals surface area contributed by atoms with E-state index in [2.05, 4.69) is 77.5 Å². The molecule has 2 N–H and O–H groups in total. The molecular formula is C24H51N3. The van der Waals surface area contributed by atoms with E-state index in [0.717, 1.165) is 43.3 Å². The van der Waals surface area contributed by atoms with E-state index in [4.69, 9.17) is 0 Å². The molecule has 0 saturated heterocycles. The van der Waals surface area contributed by atoms with Crippen LogP contribution in [0.1, 0.15) is 87.5 Å². The van der Waals surface area contributed by atoms with Gasteiger partial charge in [-0.3, -0.25) is 0 Å². The van der Waals surface area contributed by atoms with E-state index < -0.39 is 0 Å². The Morgan fingerprint density at radius 1 is 1.11 bits per heavy atom. The van der Waals surface area contributed by atoms with Crippen LogP contribution in [0, 0.1) is 29.1 Å². The summed E-state index contributed by atoms with van der Waals surface area (Å²) in [6, 6.07) is 0. The first-order chi connectivity index (χ1) is 12.6. The molecule has 0 bridgehead atoms. The minimum atomic E-state index is 0.398. The van der Waals surface area contributed by atoms with Crippen LogP contribution in [-0.2, 0) is 0 Å². The fourth-order valence-electron chi connectivity index (χ4n) is 4.51. The lowest BCUT2D eigenvalue weighted by Crippen LogP contribution is -2.42. The minimum absolute atomic E-state index is 0.398. The molecule has 0 fully saturated rings. The van der Waals surface area contributed by atoms with Gasteiger partial charge in [0.15, 0.2) is 0 Å². The van der Waals surface area contributed by atoms with E-state index in [9.17, 15) is 0 Å². The maximum atomic E-state index is 4.25. The zero-order chi connectivity index (χ0) is 21.0. The molecule has 0 aromatic rings. The average Bonchev–Trinajstić information content (AvgIpc) is 2.63. The van der Waals surface area contributed by atoms with Crippen molar-refractivity contribution in [3.05, 3.63) is 12.4 Å². The van der Waals surface area contributed by atoms with Crippen LogP contribution >= 0.6 is 0 Å². The smallest absolute Gasteiger partial charge is 0.0946 e. The molecule has 0 aromatic heterocycles. The lowest BCUT2D eigenvalue weighted by molar-refractivity contribution is 0.0856. The second kappa shape index (κ2) is 13.5. The highest BCUT2D eigenvalue weighted by molar-refractivity contribution is 4.92. The van der Waals surface area contributed by atoms with Crippen molar-refractivity contribution < 1.29 is 0 Å². The van der Waals surface area contributed by atoms with E-state index in [1.165, 1.54) is 32.1 Å². The van der Waals surface area contributed by atoms with Crippen molar-refractivity contribution in [3.8, 4) is 0 Å². The largest absolute Gasteiger partial charge is 0.375 e. The van der Waals surface area contributed by atoms with E-state index >= 15 is 0 Å². The van der Waals surface area contributed by atoms with Crippen LogP contribution in [0.4, 0.5) is 0 Å². The van der Waals surface area contributed by atoms with Gasteiger partial charge in [0.2, 0.25) is 0 Å². The molecule has 0 spiro atoms. The molecule has 0 heterocycles. The van der Waals surface area contributed by atoms with Crippen LogP contribution in [0.5, 0.6) is 0 Å². The van der Waals surface area contributed by atoms with Gasteiger partial charge in [-0.1, -0.05) is 81.2 Å². The summed E-state index contributed by atoms with van der Waals surface area (Å²) in [7, 11) is 1.98. The average molecular weight is 382 g/mol. The van der Waals surface area contributed by atoms with Crippen LogP contribution in [0.3, 0.4) is 0 Å². The van der Waals surface area contributed by atoms with Gasteiger partial charge in [0.25, 0.3) is 0 Å². The molecule has 27 heavy (non-hydrogen) atoms. The van der Waals surface area contributed by atoms with Gasteiger partial charge >= 0.3 is 0 Å². The first-order valence-electron chi connectivity index (χ1n) is 11.5. The normalized spacial score (nSPS) is 17.3. The van der Waals surface area contributed by atoms with E-state index in [1.54, 1.807) is 0 Å². The van der Waals surface area contributed by atoms with E-state index in [-0.39, 0.29) is 0 Å². The van der Waals surface area contributed by atoms with Gasteiger partial charge in [-0.25, -0.2) is 0 Å². The third kappa shape index (κ3) is 9.36.